The summed E-state index contributed by atoms with van der Waals surface area (Å²) in [5.41, 5.74) is 0.124. The average molecular weight is 409 g/mol. The summed E-state index contributed by atoms with van der Waals surface area (Å²) < 4.78 is 38.4. The first-order chi connectivity index (χ1) is 13.8. The third-order valence-corrected chi connectivity index (χ3v) is 7.40. The standard InChI is InChI=1S/C23H31F3N2O/c1-15-11-21-19(20(15)13-27-18-5-3-2-4-6-18)12-22(29)28(21)14-16-7-9-17(10-8-16)23(24,25)26/h7-10,15,18-21,27H,2-6,11-14H2,1H3/t15-,19-,20+,21+/m0/s1. The molecule has 3 nitrogen and oxygen atoms in total. The van der Waals surface area contributed by atoms with Crippen molar-refractivity contribution in [2.45, 2.75) is 76.7 Å². The fourth-order valence-electron chi connectivity index (χ4n) is 5.75. The Bertz CT molecular complexity index is 712. The molecule has 1 N–H and O–H groups in total. The van der Waals surface area contributed by atoms with Crippen LogP contribution in [-0.2, 0) is 17.5 Å². The second kappa shape index (κ2) is 8.29. The maximum Gasteiger partial charge on any atom is 0.416 e. The molecule has 0 radical (unpaired) electrons. The van der Waals surface area contributed by atoms with Crippen LogP contribution in [0.3, 0.4) is 0 Å². The monoisotopic (exact) mass is 408 g/mol. The first kappa shape index (κ1) is 20.7. The van der Waals surface area contributed by atoms with Crippen LogP contribution >= 0.6 is 0 Å². The van der Waals surface area contributed by atoms with Gasteiger partial charge in [0.25, 0.3) is 0 Å². The van der Waals surface area contributed by atoms with Crippen molar-refractivity contribution in [1.82, 2.24) is 10.2 Å². The highest BCUT2D eigenvalue weighted by Crippen LogP contribution is 2.46. The molecule has 29 heavy (non-hydrogen) atoms. The number of carbonyl (C=O) groups excluding carboxylic acids is 1. The highest BCUT2D eigenvalue weighted by atomic mass is 19.4. The van der Waals surface area contributed by atoms with Gasteiger partial charge in [-0.2, -0.15) is 13.2 Å². The minimum Gasteiger partial charge on any atom is -0.335 e. The molecule has 0 bridgehead atoms. The molecule has 0 unspecified atom stereocenters. The Balaban J connectivity index is 1.38. The average Bonchev–Trinajstić information content (AvgIpc) is 3.15. The summed E-state index contributed by atoms with van der Waals surface area (Å²) in [6.45, 7) is 3.67. The fourth-order valence-corrected chi connectivity index (χ4v) is 5.75. The van der Waals surface area contributed by atoms with Crippen LogP contribution in [0, 0.1) is 17.8 Å². The van der Waals surface area contributed by atoms with Crippen molar-refractivity contribution in [1.29, 1.82) is 0 Å². The van der Waals surface area contributed by atoms with Gasteiger partial charge in [0.05, 0.1) is 5.56 Å². The predicted octanol–water partition coefficient (Wildman–Crippen LogP) is 5.00. The summed E-state index contributed by atoms with van der Waals surface area (Å²) >= 11 is 0. The van der Waals surface area contributed by atoms with E-state index in [1.54, 1.807) is 0 Å². The molecule has 1 heterocycles. The molecule has 1 aromatic rings. The number of hydrogen-bond donors (Lipinski definition) is 1. The molecule has 1 amide bonds. The van der Waals surface area contributed by atoms with E-state index in [2.05, 4.69) is 12.2 Å². The number of amides is 1. The summed E-state index contributed by atoms with van der Waals surface area (Å²) in [5, 5.41) is 3.77. The number of rotatable bonds is 5. The zero-order valence-corrected chi connectivity index (χ0v) is 17.0. The second-order valence-corrected chi connectivity index (χ2v) is 9.27. The van der Waals surface area contributed by atoms with E-state index in [4.69, 9.17) is 0 Å². The first-order valence-electron chi connectivity index (χ1n) is 11.0. The molecule has 4 rings (SSSR count). The van der Waals surface area contributed by atoms with Crippen molar-refractivity contribution < 1.29 is 18.0 Å². The number of alkyl halides is 3. The molecule has 2 aliphatic carbocycles. The molecule has 1 aliphatic heterocycles. The lowest BCUT2D eigenvalue weighted by atomic mass is 9.87. The normalized spacial score (nSPS) is 30.8. The van der Waals surface area contributed by atoms with E-state index >= 15 is 0 Å². The van der Waals surface area contributed by atoms with E-state index in [9.17, 15) is 18.0 Å². The van der Waals surface area contributed by atoms with Gasteiger partial charge in [-0.05, 0) is 61.3 Å². The van der Waals surface area contributed by atoms with Crippen molar-refractivity contribution in [3.63, 3.8) is 0 Å². The fraction of sp³-hybridized carbons (Fsp3) is 0.696. The first-order valence-corrected chi connectivity index (χ1v) is 11.0. The van der Waals surface area contributed by atoms with Gasteiger partial charge in [-0.3, -0.25) is 4.79 Å². The number of hydrogen-bond acceptors (Lipinski definition) is 2. The summed E-state index contributed by atoms with van der Waals surface area (Å²) in [6.07, 6.45) is 3.72. The van der Waals surface area contributed by atoms with Crippen LogP contribution in [0.2, 0.25) is 0 Å². The molecule has 1 aromatic carbocycles. The van der Waals surface area contributed by atoms with Crippen LogP contribution in [0.15, 0.2) is 24.3 Å². The maximum absolute atomic E-state index is 12.8. The Hall–Kier alpha value is -1.56. The zero-order valence-electron chi connectivity index (χ0n) is 17.0. The van der Waals surface area contributed by atoms with E-state index in [1.165, 1.54) is 44.2 Å². The van der Waals surface area contributed by atoms with Gasteiger partial charge in [0, 0.05) is 25.0 Å². The number of benzene rings is 1. The summed E-state index contributed by atoms with van der Waals surface area (Å²) in [5.74, 6) is 1.57. The van der Waals surface area contributed by atoms with Crippen LogP contribution < -0.4 is 5.32 Å². The second-order valence-electron chi connectivity index (χ2n) is 9.27. The number of carbonyl (C=O) groups is 1. The van der Waals surface area contributed by atoms with Crippen LogP contribution in [-0.4, -0.2) is 29.4 Å². The zero-order chi connectivity index (χ0) is 20.6. The van der Waals surface area contributed by atoms with Gasteiger partial charge in [-0.15, -0.1) is 0 Å². The number of nitrogens with zero attached hydrogens (tertiary/aromatic N) is 1. The van der Waals surface area contributed by atoms with Crippen molar-refractivity contribution >= 4 is 5.91 Å². The van der Waals surface area contributed by atoms with Gasteiger partial charge in [0.2, 0.25) is 5.91 Å². The maximum atomic E-state index is 12.8. The third kappa shape index (κ3) is 4.47. The summed E-state index contributed by atoms with van der Waals surface area (Å²) in [7, 11) is 0. The number of halogens is 3. The minimum atomic E-state index is -4.33. The predicted molar refractivity (Wildman–Crippen MR) is 106 cm³/mol. The largest absolute Gasteiger partial charge is 0.416 e. The van der Waals surface area contributed by atoms with Gasteiger partial charge in [-0.1, -0.05) is 38.3 Å². The van der Waals surface area contributed by atoms with E-state index in [1.807, 2.05) is 4.90 Å². The van der Waals surface area contributed by atoms with Crippen LogP contribution in [0.5, 0.6) is 0 Å². The molecule has 2 saturated carbocycles. The van der Waals surface area contributed by atoms with E-state index in [0.717, 1.165) is 30.7 Å². The molecule has 160 valence electrons. The topological polar surface area (TPSA) is 32.3 Å². The SMILES string of the molecule is C[C@H]1C[C@@H]2[C@@H](CC(=O)N2Cc2ccc(C(F)(F)F)cc2)[C@@H]1CNC1CCCCC1. The van der Waals surface area contributed by atoms with Crippen molar-refractivity contribution in [2.75, 3.05) is 6.54 Å². The Morgan fingerprint density at radius 1 is 1.10 bits per heavy atom. The summed E-state index contributed by atoms with van der Waals surface area (Å²) in [4.78, 5) is 14.6. The number of nitrogens with one attached hydrogen (secondary N) is 1. The number of likely N-dealkylation sites (tertiary alicyclic amines) is 1. The Morgan fingerprint density at radius 3 is 2.45 bits per heavy atom. The van der Waals surface area contributed by atoms with Crippen LogP contribution in [0.4, 0.5) is 13.2 Å². The Kier molecular flexibility index (Phi) is 5.92. The Labute approximate surface area is 171 Å². The quantitative estimate of drug-likeness (QED) is 0.744. The lowest BCUT2D eigenvalue weighted by Gasteiger charge is -2.28. The minimum absolute atomic E-state index is 0.148. The number of fused-ring (bicyclic) bond motifs is 1. The molecule has 0 spiro atoms. The molecule has 4 atom stereocenters. The molecule has 6 heteroatoms. The van der Waals surface area contributed by atoms with Gasteiger partial charge >= 0.3 is 6.18 Å². The van der Waals surface area contributed by atoms with Gasteiger partial charge in [-0.25, -0.2) is 0 Å². The molecule has 3 aliphatic rings. The highest BCUT2D eigenvalue weighted by Gasteiger charge is 2.50. The van der Waals surface area contributed by atoms with E-state index in [0.29, 0.717) is 36.8 Å². The van der Waals surface area contributed by atoms with Crippen molar-refractivity contribution in [3.8, 4) is 0 Å². The lowest BCUT2D eigenvalue weighted by molar-refractivity contribution is -0.137. The Morgan fingerprint density at radius 2 is 1.79 bits per heavy atom. The van der Waals surface area contributed by atoms with Gasteiger partial charge in [0.1, 0.15) is 0 Å². The molecular formula is C23H31F3N2O. The van der Waals surface area contributed by atoms with Crippen molar-refractivity contribution in [3.05, 3.63) is 35.4 Å². The van der Waals surface area contributed by atoms with Crippen LogP contribution in [0.1, 0.15) is 63.0 Å². The van der Waals surface area contributed by atoms with E-state index < -0.39 is 11.7 Å². The summed E-state index contributed by atoms with van der Waals surface area (Å²) in [6, 6.07) is 6.07. The highest BCUT2D eigenvalue weighted by molar-refractivity contribution is 5.79. The van der Waals surface area contributed by atoms with E-state index in [-0.39, 0.29) is 11.9 Å². The third-order valence-electron chi connectivity index (χ3n) is 7.40. The van der Waals surface area contributed by atoms with Gasteiger partial charge < -0.3 is 10.2 Å². The molecular weight excluding hydrogens is 377 g/mol. The van der Waals surface area contributed by atoms with Gasteiger partial charge in [0.15, 0.2) is 0 Å². The molecule has 3 fully saturated rings. The van der Waals surface area contributed by atoms with Crippen LogP contribution in [0.25, 0.3) is 0 Å². The smallest absolute Gasteiger partial charge is 0.335 e. The molecule has 1 saturated heterocycles. The molecule has 0 aromatic heterocycles. The van der Waals surface area contributed by atoms with Crippen molar-refractivity contribution in [2.24, 2.45) is 17.8 Å². The lowest BCUT2D eigenvalue weighted by Crippen LogP contribution is -2.37.